The molecule has 1 unspecified atom stereocenters. The van der Waals surface area contributed by atoms with Gasteiger partial charge in [-0.1, -0.05) is 11.6 Å². The summed E-state index contributed by atoms with van der Waals surface area (Å²) in [5.74, 6) is -0.0458. The molecule has 0 saturated carbocycles. The number of rotatable bonds is 4. The zero-order valence-corrected chi connectivity index (χ0v) is 15.1. The quantitative estimate of drug-likeness (QED) is 0.726. The standard InChI is InChI=1S/C18H19ClN6O/c1-13-16-3-2-6-23(16)7-8-24(13)10-18(26)22-15-9-14(19)4-5-17(15)25-12-20-11-21-25/h2-6,9,11-13H,7-8,10H2,1H3,(H,22,26)/p+1/t13-/m0/s1. The van der Waals surface area contributed by atoms with Gasteiger partial charge in [-0.2, -0.15) is 5.10 Å². The summed E-state index contributed by atoms with van der Waals surface area (Å²) in [4.78, 5) is 17.9. The van der Waals surface area contributed by atoms with Gasteiger partial charge in [-0.05, 0) is 37.3 Å². The zero-order valence-electron chi connectivity index (χ0n) is 14.4. The Morgan fingerprint density at radius 3 is 3.12 bits per heavy atom. The third-order valence-corrected chi connectivity index (χ3v) is 5.12. The number of aromatic nitrogens is 4. The van der Waals surface area contributed by atoms with Crippen molar-refractivity contribution < 1.29 is 9.69 Å². The fraction of sp³-hybridized carbons (Fsp3) is 0.278. The van der Waals surface area contributed by atoms with Crippen LogP contribution in [0.5, 0.6) is 0 Å². The van der Waals surface area contributed by atoms with Crippen molar-refractivity contribution in [3.63, 3.8) is 0 Å². The third-order valence-electron chi connectivity index (χ3n) is 4.88. The van der Waals surface area contributed by atoms with Gasteiger partial charge in [0.25, 0.3) is 5.91 Å². The number of amides is 1. The maximum absolute atomic E-state index is 12.7. The summed E-state index contributed by atoms with van der Waals surface area (Å²) in [6.45, 7) is 4.40. The Labute approximate surface area is 156 Å². The number of benzene rings is 1. The van der Waals surface area contributed by atoms with Gasteiger partial charge in [0.15, 0.2) is 6.54 Å². The molecule has 0 radical (unpaired) electrons. The summed E-state index contributed by atoms with van der Waals surface area (Å²) in [6.07, 6.45) is 5.14. The Bertz CT molecular complexity index is 920. The summed E-state index contributed by atoms with van der Waals surface area (Å²) < 4.78 is 3.86. The number of halogens is 1. The highest BCUT2D eigenvalue weighted by Crippen LogP contribution is 2.23. The van der Waals surface area contributed by atoms with E-state index in [1.54, 1.807) is 23.1 Å². The fourth-order valence-corrected chi connectivity index (χ4v) is 3.67. The van der Waals surface area contributed by atoms with Gasteiger partial charge in [0, 0.05) is 11.2 Å². The first-order valence-electron chi connectivity index (χ1n) is 8.56. The second-order valence-corrected chi connectivity index (χ2v) is 6.92. The summed E-state index contributed by atoms with van der Waals surface area (Å²) in [5.41, 5.74) is 2.63. The first-order chi connectivity index (χ1) is 12.6. The van der Waals surface area contributed by atoms with Gasteiger partial charge < -0.3 is 14.8 Å². The number of carbonyl (C=O) groups excluding carboxylic acids is 1. The number of hydrogen-bond donors (Lipinski definition) is 2. The molecule has 3 heterocycles. The lowest BCUT2D eigenvalue weighted by Gasteiger charge is -2.31. The minimum absolute atomic E-state index is 0.0458. The second kappa shape index (κ2) is 6.93. The lowest BCUT2D eigenvalue weighted by Crippen LogP contribution is -3.14. The monoisotopic (exact) mass is 371 g/mol. The van der Waals surface area contributed by atoms with Crippen LogP contribution >= 0.6 is 11.6 Å². The number of fused-ring (bicyclic) bond motifs is 1. The fourth-order valence-electron chi connectivity index (χ4n) is 3.50. The molecule has 0 spiro atoms. The Hall–Kier alpha value is -2.64. The van der Waals surface area contributed by atoms with Crippen molar-refractivity contribution in [1.29, 1.82) is 0 Å². The van der Waals surface area contributed by atoms with Gasteiger partial charge in [-0.3, -0.25) is 4.79 Å². The van der Waals surface area contributed by atoms with E-state index in [0.717, 1.165) is 18.8 Å². The molecular weight excluding hydrogens is 352 g/mol. The Balaban J connectivity index is 1.50. The Kier molecular flexibility index (Phi) is 4.48. The van der Waals surface area contributed by atoms with Gasteiger partial charge in [0.2, 0.25) is 0 Å². The third kappa shape index (κ3) is 3.23. The molecule has 0 saturated heterocycles. The molecule has 3 aromatic rings. The number of carbonyl (C=O) groups is 1. The van der Waals surface area contributed by atoms with Crippen LogP contribution in [0.3, 0.4) is 0 Å². The average Bonchev–Trinajstić information content (AvgIpc) is 3.29. The number of quaternary nitrogens is 1. The zero-order chi connectivity index (χ0) is 18.1. The van der Waals surface area contributed by atoms with E-state index in [2.05, 4.69) is 45.2 Å². The van der Waals surface area contributed by atoms with Crippen molar-refractivity contribution in [2.45, 2.75) is 19.5 Å². The maximum atomic E-state index is 12.7. The maximum Gasteiger partial charge on any atom is 0.279 e. The van der Waals surface area contributed by atoms with Crippen LogP contribution in [-0.4, -0.2) is 38.3 Å². The van der Waals surface area contributed by atoms with Crippen molar-refractivity contribution in [2.75, 3.05) is 18.4 Å². The Morgan fingerprint density at radius 1 is 1.42 bits per heavy atom. The molecule has 134 valence electrons. The number of anilines is 1. The van der Waals surface area contributed by atoms with Crippen LogP contribution in [0, 0.1) is 0 Å². The lowest BCUT2D eigenvalue weighted by molar-refractivity contribution is -0.926. The first kappa shape index (κ1) is 16.8. The first-order valence-corrected chi connectivity index (χ1v) is 8.93. The highest BCUT2D eigenvalue weighted by molar-refractivity contribution is 6.31. The topological polar surface area (TPSA) is 69.2 Å². The van der Waals surface area contributed by atoms with E-state index in [4.69, 9.17) is 11.6 Å². The molecule has 4 rings (SSSR count). The van der Waals surface area contributed by atoms with Gasteiger partial charge in [-0.15, -0.1) is 0 Å². The van der Waals surface area contributed by atoms with Crippen LogP contribution in [0.15, 0.2) is 49.2 Å². The van der Waals surface area contributed by atoms with Crippen LogP contribution in [0.4, 0.5) is 5.69 Å². The number of nitrogens with one attached hydrogen (secondary N) is 2. The molecule has 8 heteroatoms. The van der Waals surface area contributed by atoms with Gasteiger partial charge in [-0.25, -0.2) is 9.67 Å². The van der Waals surface area contributed by atoms with Crippen LogP contribution in [0.25, 0.3) is 5.69 Å². The molecule has 26 heavy (non-hydrogen) atoms. The van der Waals surface area contributed by atoms with Gasteiger partial charge >= 0.3 is 0 Å². The van der Waals surface area contributed by atoms with Gasteiger partial charge in [0.05, 0.1) is 30.2 Å². The molecule has 0 aliphatic carbocycles. The smallest absolute Gasteiger partial charge is 0.279 e. The van der Waals surface area contributed by atoms with E-state index in [0.29, 0.717) is 17.3 Å². The molecule has 0 fully saturated rings. The van der Waals surface area contributed by atoms with Crippen LogP contribution in [-0.2, 0) is 11.3 Å². The second-order valence-electron chi connectivity index (χ2n) is 6.48. The summed E-state index contributed by atoms with van der Waals surface area (Å²) in [7, 11) is 0. The van der Waals surface area contributed by atoms with Crippen molar-refractivity contribution in [3.8, 4) is 5.69 Å². The predicted molar refractivity (Wildman–Crippen MR) is 98.5 cm³/mol. The average molecular weight is 372 g/mol. The van der Waals surface area contributed by atoms with Crippen molar-refractivity contribution in [1.82, 2.24) is 19.3 Å². The van der Waals surface area contributed by atoms with Crippen LogP contribution < -0.4 is 10.2 Å². The SMILES string of the molecule is C[C@H]1c2cccn2CC[NH+]1CC(=O)Nc1cc(Cl)ccc1-n1cncn1. The molecule has 1 aliphatic heterocycles. The van der Waals surface area contributed by atoms with E-state index in [1.807, 2.05) is 6.07 Å². The predicted octanol–water partition coefficient (Wildman–Crippen LogP) is 1.32. The molecule has 2 atom stereocenters. The Morgan fingerprint density at radius 2 is 2.31 bits per heavy atom. The minimum Gasteiger partial charge on any atom is -0.341 e. The summed E-state index contributed by atoms with van der Waals surface area (Å²) in [5, 5.41) is 7.68. The molecule has 2 aromatic heterocycles. The molecular formula is C18H20ClN6O+. The van der Waals surface area contributed by atoms with E-state index in [-0.39, 0.29) is 11.9 Å². The normalized spacial score (nSPS) is 19.2. The van der Waals surface area contributed by atoms with Crippen molar-refractivity contribution >= 4 is 23.2 Å². The van der Waals surface area contributed by atoms with Crippen molar-refractivity contribution in [3.05, 3.63) is 59.9 Å². The van der Waals surface area contributed by atoms with E-state index < -0.39 is 0 Å². The number of nitrogens with zero attached hydrogens (tertiary/aromatic N) is 4. The molecule has 1 amide bonds. The van der Waals surface area contributed by atoms with Gasteiger partial charge in [0.1, 0.15) is 18.7 Å². The highest BCUT2D eigenvalue weighted by atomic mass is 35.5. The summed E-state index contributed by atoms with van der Waals surface area (Å²) >= 11 is 6.12. The molecule has 1 aliphatic rings. The van der Waals surface area contributed by atoms with Crippen molar-refractivity contribution in [2.24, 2.45) is 0 Å². The lowest BCUT2D eigenvalue weighted by atomic mass is 10.1. The molecule has 0 bridgehead atoms. The number of hydrogen-bond acceptors (Lipinski definition) is 3. The van der Waals surface area contributed by atoms with E-state index >= 15 is 0 Å². The molecule has 7 nitrogen and oxygen atoms in total. The highest BCUT2D eigenvalue weighted by Gasteiger charge is 2.28. The molecule has 1 aromatic carbocycles. The van der Waals surface area contributed by atoms with Crippen LogP contribution in [0.2, 0.25) is 5.02 Å². The van der Waals surface area contributed by atoms with E-state index in [1.165, 1.54) is 16.9 Å². The van der Waals surface area contributed by atoms with E-state index in [9.17, 15) is 4.79 Å². The van der Waals surface area contributed by atoms with Crippen LogP contribution in [0.1, 0.15) is 18.7 Å². The summed E-state index contributed by atoms with van der Waals surface area (Å²) in [6, 6.07) is 9.78. The minimum atomic E-state index is -0.0458. The molecule has 2 N–H and O–H groups in total. The largest absolute Gasteiger partial charge is 0.341 e.